The molecule has 0 unspecified atom stereocenters. The molecule has 1 amide bonds. The Bertz CT molecular complexity index is 925. The minimum atomic E-state index is -0.0812. The Balaban J connectivity index is 1.54. The Morgan fingerprint density at radius 2 is 1.93 bits per heavy atom. The second-order valence-corrected chi connectivity index (χ2v) is 7.16. The number of aryl methyl sites for hydroxylation is 2. The molecular formula is C20H22N4O2S. The van der Waals surface area contributed by atoms with Crippen LogP contribution in [0.3, 0.4) is 0 Å². The summed E-state index contributed by atoms with van der Waals surface area (Å²) in [5.41, 5.74) is 3.07. The fourth-order valence-electron chi connectivity index (χ4n) is 2.55. The van der Waals surface area contributed by atoms with Crippen LogP contribution in [0.15, 0.2) is 53.7 Å². The van der Waals surface area contributed by atoms with Gasteiger partial charge < -0.3 is 14.6 Å². The Hall–Kier alpha value is -2.80. The number of benzene rings is 2. The van der Waals surface area contributed by atoms with E-state index in [-0.39, 0.29) is 11.7 Å². The summed E-state index contributed by atoms with van der Waals surface area (Å²) in [6.45, 7) is 4.40. The molecule has 0 radical (unpaired) electrons. The summed E-state index contributed by atoms with van der Waals surface area (Å²) in [5, 5.41) is 11.9. The quantitative estimate of drug-likeness (QED) is 0.631. The smallest absolute Gasteiger partial charge is 0.234 e. The fourth-order valence-corrected chi connectivity index (χ4v) is 3.28. The van der Waals surface area contributed by atoms with Crippen molar-refractivity contribution < 1.29 is 9.53 Å². The summed E-state index contributed by atoms with van der Waals surface area (Å²) in [6, 6.07) is 15.4. The van der Waals surface area contributed by atoms with Gasteiger partial charge >= 0.3 is 0 Å². The van der Waals surface area contributed by atoms with E-state index in [9.17, 15) is 4.79 Å². The molecule has 7 heteroatoms. The second-order valence-electron chi connectivity index (χ2n) is 6.22. The molecule has 0 spiro atoms. The lowest BCUT2D eigenvalue weighted by Gasteiger charge is -2.09. The van der Waals surface area contributed by atoms with Gasteiger partial charge in [0.15, 0.2) is 11.0 Å². The zero-order chi connectivity index (χ0) is 19.2. The van der Waals surface area contributed by atoms with Crippen LogP contribution in [-0.2, 0) is 18.4 Å². The number of aromatic nitrogens is 3. The predicted molar refractivity (Wildman–Crippen MR) is 107 cm³/mol. The normalized spacial score (nSPS) is 10.6. The first-order valence-electron chi connectivity index (χ1n) is 8.59. The van der Waals surface area contributed by atoms with E-state index >= 15 is 0 Å². The molecule has 0 atom stereocenters. The molecule has 140 valence electrons. The van der Waals surface area contributed by atoms with Crippen molar-refractivity contribution in [1.29, 1.82) is 0 Å². The number of nitrogens with one attached hydrogen (secondary N) is 1. The average molecular weight is 382 g/mol. The van der Waals surface area contributed by atoms with Crippen LogP contribution in [0.5, 0.6) is 5.75 Å². The summed E-state index contributed by atoms with van der Waals surface area (Å²) in [6.07, 6.45) is 0. The molecule has 0 saturated heterocycles. The number of rotatable bonds is 7. The maximum atomic E-state index is 12.1. The molecule has 0 aliphatic rings. The van der Waals surface area contributed by atoms with Crippen molar-refractivity contribution in [2.45, 2.75) is 25.6 Å². The zero-order valence-corrected chi connectivity index (χ0v) is 16.4. The standard InChI is InChI=1S/C20H22N4O2S/c1-14-9-10-17(15(2)11-14)26-12-18-22-23-20(24(18)3)27-13-19(25)21-16-7-5-4-6-8-16/h4-11H,12-13H2,1-3H3,(H,21,25). The van der Waals surface area contributed by atoms with Crippen molar-refractivity contribution >= 4 is 23.4 Å². The van der Waals surface area contributed by atoms with Crippen LogP contribution in [0, 0.1) is 13.8 Å². The minimum Gasteiger partial charge on any atom is -0.485 e. The first kappa shape index (κ1) is 19.0. The number of para-hydroxylation sites is 1. The molecule has 0 bridgehead atoms. The highest BCUT2D eigenvalue weighted by molar-refractivity contribution is 7.99. The van der Waals surface area contributed by atoms with Gasteiger partial charge in [0, 0.05) is 12.7 Å². The summed E-state index contributed by atoms with van der Waals surface area (Å²) >= 11 is 1.34. The fraction of sp³-hybridized carbons (Fsp3) is 0.250. The molecule has 0 saturated carbocycles. The molecule has 0 aliphatic carbocycles. The molecule has 0 fully saturated rings. The largest absolute Gasteiger partial charge is 0.485 e. The SMILES string of the molecule is Cc1ccc(OCc2nnc(SCC(=O)Nc3ccccc3)n2C)c(C)c1. The lowest BCUT2D eigenvalue weighted by Crippen LogP contribution is -2.14. The highest BCUT2D eigenvalue weighted by Crippen LogP contribution is 2.21. The number of anilines is 1. The lowest BCUT2D eigenvalue weighted by molar-refractivity contribution is -0.113. The van der Waals surface area contributed by atoms with Gasteiger partial charge in [0.1, 0.15) is 12.4 Å². The maximum Gasteiger partial charge on any atom is 0.234 e. The number of thioether (sulfide) groups is 1. The third-order valence-electron chi connectivity index (χ3n) is 4.00. The van der Waals surface area contributed by atoms with Crippen molar-refractivity contribution in [3.8, 4) is 5.75 Å². The van der Waals surface area contributed by atoms with Gasteiger partial charge in [-0.15, -0.1) is 10.2 Å². The van der Waals surface area contributed by atoms with Gasteiger partial charge in [-0.25, -0.2) is 0 Å². The number of amides is 1. The van der Waals surface area contributed by atoms with E-state index in [2.05, 4.69) is 28.5 Å². The molecule has 1 aromatic heterocycles. The monoisotopic (exact) mass is 382 g/mol. The number of carbonyl (C=O) groups is 1. The average Bonchev–Trinajstić information content (AvgIpc) is 3.00. The first-order valence-corrected chi connectivity index (χ1v) is 9.57. The van der Waals surface area contributed by atoms with E-state index in [4.69, 9.17) is 4.74 Å². The third-order valence-corrected chi connectivity index (χ3v) is 5.02. The zero-order valence-electron chi connectivity index (χ0n) is 15.6. The molecule has 6 nitrogen and oxygen atoms in total. The van der Waals surface area contributed by atoms with Gasteiger partial charge in [-0.1, -0.05) is 47.7 Å². The lowest BCUT2D eigenvalue weighted by atomic mass is 10.1. The van der Waals surface area contributed by atoms with Gasteiger partial charge in [0.2, 0.25) is 5.91 Å². The van der Waals surface area contributed by atoms with Crippen LogP contribution in [0.25, 0.3) is 0 Å². The van der Waals surface area contributed by atoms with Crippen LogP contribution in [0.4, 0.5) is 5.69 Å². The van der Waals surface area contributed by atoms with Crippen LogP contribution in [-0.4, -0.2) is 26.4 Å². The van der Waals surface area contributed by atoms with Crippen molar-refractivity contribution in [2.75, 3.05) is 11.1 Å². The second kappa shape index (κ2) is 8.73. The Morgan fingerprint density at radius 3 is 2.67 bits per heavy atom. The van der Waals surface area contributed by atoms with Crippen molar-refractivity contribution in [2.24, 2.45) is 7.05 Å². The third kappa shape index (κ3) is 5.10. The number of hydrogen-bond donors (Lipinski definition) is 1. The molecule has 2 aromatic carbocycles. The van der Waals surface area contributed by atoms with E-state index < -0.39 is 0 Å². The maximum absolute atomic E-state index is 12.1. The highest BCUT2D eigenvalue weighted by atomic mass is 32.2. The Labute approximate surface area is 163 Å². The number of nitrogens with zero attached hydrogens (tertiary/aromatic N) is 3. The number of ether oxygens (including phenoxy) is 1. The van der Waals surface area contributed by atoms with Crippen LogP contribution >= 0.6 is 11.8 Å². The van der Waals surface area contributed by atoms with E-state index in [1.807, 2.05) is 61.0 Å². The van der Waals surface area contributed by atoms with Crippen molar-refractivity contribution in [3.05, 3.63) is 65.5 Å². The number of carbonyl (C=O) groups excluding carboxylic acids is 1. The van der Waals surface area contributed by atoms with Crippen LogP contribution in [0.2, 0.25) is 0 Å². The topological polar surface area (TPSA) is 69.0 Å². The minimum absolute atomic E-state index is 0.0812. The summed E-state index contributed by atoms with van der Waals surface area (Å²) < 4.78 is 7.72. The van der Waals surface area contributed by atoms with Gasteiger partial charge in [0.25, 0.3) is 0 Å². The highest BCUT2D eigenvalue weighted by Gasteiger charge is 2.12. The molecule has 0 aliphatic heterocycles. The summed E-state index contributed by atoms with van der Waals surface area (Å²) in [4.78, 5) is 12.1. The van der Waals surface area contributed by atoms with Crippen molar-refractivity contribution in [3.63, 3.8) is 0 Å². The number of hydrogen-bond acceptors (Lipinski definition) is 5. The van der Waals surface area contributed by atoms with Gasteiger partial charge in [0.05, 0.1) is 5.75 Å². The predicted octanol–water partition coefficient (Wildman–Crippen LogP) is 3.74. The molecule has 1 N–H and O–H groups in total. The summed E-state index contributed by atoms with van der Waals surface area (Å²) in [7, 11) is 1.87. The summed E-state index contributed by atoms with van der Waals surface area (Å²) in [5.74, 6) is 1.72. The Morgan fingerprint density at radius 1 is 1.15 bits per heavy atom. The molecular weight excluding hydrogens is 360 g/mol. The van der Waals surface area contributed by atoms with Gasteiger partial charge in [-0.05, 0) is 37.6 Å². The van der Waals surface area contributed by atoms with E-state index in [1.54, 1.807) is 0 Å². The van der Waals surface area contributed by atoms with Gasteiger partial charge in [-0.3, -0.25) is 4.79 Å². The van der Waals surface area contributed by atoms with E-state index in [0.717, 1.165) is 17.0 Å². The van der Waals surface area contributed by atoms with Crippen molar-refractivity contribution in [1.82, 2.24) is 14.8 Å². The Kier molecular flexibility index (Phi) is 6.13. The first-order chi connectivity index (χ1) is 13.0. The molecule has 27 heavy (non-hydrogen) atoms. The van der Waals surface area contributed by atoms with Crippen LogP contribution in [0.1, 0.15) is 17.0 Å². The van der Waals surface area contributed by atoms with Crippen LogP contribution < -0.4 is 10.1 Å². The molecule has 1 heterocycles. The van der Waals surface area contributed by atoms with Gasteiger partial charge in [-0.2, -0.15) is 0 Å². The van der Waals surface area contributed by atoms with E-state index in [1.165, 1.54) is 17.3 Å². The van der Waals surface area contributed by atoms with E-state index in [0.29, 0.717) is 17.6 Å². The molecule has 3 aromatic rings. The molecule has 3 rings (SSSR count).